The number of aromatic nitrogens is 5. The summed E-state index contributed by atoms with van der Waals surface area (Å²) in [6.45, 7) is 0. The van der Waals surface area contributed by atoms with Crippen molar-refractivity contribution >= 4 is 33.3 Å². The Morgan fingerprint density at radius 1 is 0.897 bits per heavy atom. The zero-order valence-corrected chi connectivity index (χ0v) is 15.4. The summed E-state index contributed by atoms with van der Waals surface area (Å²) < 4.78 is 0. The fourth-order valence-corrected chi connectivity index (χ4v) is 3.34. The fourth-order valence-electron chi connectivity index (χ4n) is 3.34. The van der Waals surface area contributed by atoms with Gasteiger partial charge in [0.15, 0.2) is 5.69 Å². The average Bonchev–Trinajstić information content (AvgIpc) is 3.35. The van der Waals surface area contributed by atoms with Crippen molar-refractivity contribution < 1.29 is 0 Å². The molecule has 3 heterocycles. The molecule has 0 atom stereocenters. The van der Waals surface area contributed by atoms with E-state index in [1.54, 1.807) is 0 Å². The third-order valence-corrected chi connectivity index (χ3v) is 4.83. The predicted molar refractivity (Wildman–Crippen MR) is 111 cm³/mol. The molecule has 0 aliphatic rings. The summed E-state index contributed by atoms with van der Waals surface area (Å²) in [5.41, 5.74) is 5.05. The van der Waals surface area contributed by atoms with Crippen LogP contribution in [0.15, 0.2) is 75.8 Å². The maximum Gasteiger partial charge on any atom is 0.276 e. The molecule has 0 bridgehead atoms. The highest BCUT2D eigenvalue weighted by Crippen LogP contribution is 2.29. The first-order valence-electron chi connectivity index (χ1n) is 9.26. The zero-order valence-electron chi connectivity index (χ0n) is 15.4. The maximum atomic E-state index is 12.3. The second kappa shape index (κ2) is 7.16. The summed E-state index contributed by atoms with van der Waals surface area (Å²) in [6.07, 6.45) is 3.59. The summed E-state index contributed by atoms with van der Waals surface area (Å²) in [7, 11) is 0. The van der Waals surface area contributed by atoms with E-state index in [1.165, 1.54) is 5.56 Å². The molecule has 0 fully saturated rings. The highest BCUT2D eigenvalue weighted by atomic mass is 16.1. The molecule has 0 saturated heterocycles. The number of pyridine rings is 1. The summed E-state index contributed by atoms with van der Waals surface area (Å²) in [5, 5.41) is 18.9. The van der Waals surface area contributed by atoms with Crippen LogP contribution >= 0.6 is 0 Å². The lowest BCUT2D eigenvalue weighted by Crippen LogP contribution is -1.95. The molecule has 5 aromatic rings. The molecule has 29 heavy (non-hydrogen) atoms. The Kier molecular flexibility index (Phi) is 4.21. The summed E-state index contributed by atoms with van der Waals surface area (Å²) in [5.74, 6) is 0. The first-order valence-corrected chi connectivity index (χ1v) is 9.26. The number of nitrogens with one attached hydrogen (secondary N) is 3. The van der Waals surface area contributed by atoms with Crippen LogP contribution in [-0.2, 0) is 12.8 Å². The van der Waals surface area contributed by atoms with Crippen molar-refractivity contribution in [3.05, 3.63) is 82.4 Å². The van der Waals surface area contributed by atoms with E-state index in [9.17, 15) is 4.79 Å². The SMILES string of the molecule is O=c1[nH]c2ccc3[nH][nH]nc3c2c1N=Nc1ccc(CCc2ccccn2)cc1. The Bertz CT molecular complexity index is 1360. The number of hydrogen-bond donors (Lipinski definition) is 3. The minimum absolute atomic E-state index is 0.255. The van der Waals surface area contributed by atoms with Gasteiger partial charge in [-0.2, -0.15) is 10.2 Å². The van der Waals surface area contributed by atoms with Crippen molar-refractivity contribution in [3.63, 3.8) is 0 Å². The number of benzene rings is 2. The predicted octanol–water partition coefficient (Wildman–Crippen LogP) is 4.33. The van der Waals surface area contributed by atoms with E-state index in [4.69, 9.17) is 0 Å². The van der Waals surface area contributed by atoms with Crippen molar-refractivity contribution in [2.24, 2.45) is 10.2 Å². The number of hydrogen-bond acceptors (Lipinski definition) is 5. The number of azo groups is 1. The maximum absolute atomic E-state index is 12.3. The number of aryl methyl sites for hydroxylation is 2. The van der Waals surface area contributed by atoms with Crippen LogP contribution in [0.5, 0.6) is 0 Å². The minimum atomic E-state index is -0.286. The molecule has 142 valence electrons. The van der Waals surface area contributed by atoms with Gasteiger partial charge in [-0.05, 0) is 54.8 Å². The van der Waals surface area contributed by atoms with Gasteiger partial charge in [0.1, 0.15) is 5.52 Å². The van der Waals surface area contributed by atoms with Crippen LogP contribution in [0, 0.1) is 0 Å². The van der Waals surface area contributed by atoms with Gasteiger partial charge >= 0.3 is 0 Å². The Balaban J connectivity index is 1.38. The highest BCUT2D eigenvalue weighted by molar-refractivity contribution is 6.08. The molecule has 5 rings (SSSR count). The van der Waals surface area contributed by atoms with E-state index in [2.05, 4.69) is 35.6 Å². The molecule has 0 aliphatic carbocycles. The topological polar surface area (TPSA) is 115 Å². The zero-order chi connectivity index (χ0) is 19.6. The average molecular weight is 383 g/mol. The lowest BCUT2D eigenvalue weighted by Gasteiger charge is -2.01. The standard InChI is InChI=1S/C21H17N7O/c29-21-20(18-16(23-21)10-11-17-19(18)27-28-25-17)26-24-15-8-5-13(6-9-15)4-7-14-3-1-2-12-22-14/h1-3,5-6,8-12,25,28H,4,7H2,(H,23,29). The Labute approximate surface area is 164 Å². The van der Waals surface area contributed by atoms with Crippen LogP contribution in [0.1, 0.15) is 11.3 Å². The lowest BCUT2D eigenvalue weighted by molar-refractivity contribution is 0.913. The molecule has 0 spiro atoms. The van der Waals surface area contributed by atoms with Crippen LogP contribution in [-0.4, -0.2) is 25.4 Å². The number of H-pyrrole nitrogens is 3. The Morgan fingerprint density at radius 2 is 1.76 bits per heavy atom. The van der Waals surface area contributed by atoms with Crippen LogP contribution in [0.4, 0.5) is 11.4 Å². The van der Waals surface area contributed by atoms with Gasteiger partial charge in [-0.1, -0.05) is 18.2 Å². The van der Waals surface area contributed by atoms with E-state index in [1.807, 2.05) is 60.8 Å². The lowest BCUT2D eigenvalue weighted by atomic mass is 10.1. The third kappa shape index (κ3) is 3.31. The molecule has 3 aromatic heterocycles. The smallest absolute Gasteiger partial charge is 0.276 e. The van der Waals surface area contributed by atoms with Gasteiger partial charge in [0.05, 0.1) is 22.1 Å². The molecule has 0 amide bonds. The molecule has 0 radical (unpaired) electrons. The van der Waals surface area contributed by atoms with Crippen LogP contribution < -0.4 is 5.56 Å². The number of rotatable bonds is 5. The Morgan fingerprint density at radius 3 is 2.59 bits per heavy atom. The molecule has 0 saturated carbocycles. The molecule has 3 N–H and O–H groups in total. The van der Waals surface area contributed by atoms with Crippen molar-refractivity contribution in [2.45, 2.75) is 12.8 Å². The van der Waals surface area contributed by atoms with Crippen LogP contribution in [0.25, 0.3) is 21.9 Å². The normalized spacial score (nSPS) is 11.7. The van der Waals surface area contributed by atoms with E-state index >= 15 is 0 Å². The van der Waals surface area contributed by atoms with Gasteiger partial charge < -0.3 is 4.98 Å². The van der Waals surface area contributed by atoms with Crippen LogP contribution in [0.2, 0.25) is 0 Å². The second-order valence-corrected chi connectivity index (χ2v) is 6.72. The van der Waals surface area contributed by atoms with Gasteiger partial charge in [-0.15, -0.1) is 5.11 Å². The number of aromatic amines is 3. The molecule has 0 unspecified atom stereocenters. The minimum Gasteiger partial charge on any atom is -0.320 e. The van der Waals surface area contributed by atoms with Crippen molar-refractivity contribution in [1.82, 2.24) is 25.4 Å². The molecule has 2 aromatic carbocycles. The second-order valence-electron chi connectivity index (χ2n) is 6.72. The fraction of sp³-hybridized carbons (Fsp3) is 0.0952. The number of fused-ring (bicyclic) bond motifs is 3. The molecular formula is C21H17N7O. The van der Waals surface area contributed by atoms with Gasteiger partial charge in [-0.25, -0.2) is 5.21 Å². The monoisotopic (exact) mass is 383 g/mol. The van der Waals surface area contributed by atoms with E-state index in [0.717, 1.165) is 24.1 Å². The van der Waals surface area contributed by atoms with Crippen molar-refractivity contribution in [3.8, 4) is 0 Å². The quantitative estimate of drug-likeness (QED) is 0.392. The van der Waals surface area contributed by atoms with Gasteiger partial charge in [-0.3, -0.25) is 14.9 Å². The molecular weight excluding hydrogens is 366 g/mol. The molecule has 8 nitrogen and oxygen atoms in total. The largest absolute Gasteiger partial charge is 0.320 e. The van der Waals surface area contributed by atoms with Gasteiger partial charge in [0, 0.05) is 11.9 Å². The van der Waals surface area contributed by atoms with E-state index in [-0.39, 0.29) is 11.2 Å². The first-order chi connectivity index (χ1) is 14.3. The Hall–Kier alpha value is -4.07. The van der Waals surface area contributed by atoms with Gasteiger partial charge in [0.2, 0.25) is 0 Å². The van der Waals surface area contributed by atoms with E-state index in [0.29, 0.717) is 22.1 Å². The number of nitrogens with zero attached hydrogens (tertiary/aromatic N) is 4. The molecule has 8 heteroatoms. The van der Waals surface area contributed by atoms with Crippen LogP contribution in [0.3, 0.4) is 0 Å². The van der Waals surface area contributed by atoms with Crippen molar-refractivity contribution in [2.75, 3.05) is 0 Å². The summed E-state index contributed by atoms with van der Waals surface area (Å²) >= 11 is 0. The summed E-state index contributed by atoms with van der Waals surface area (Å²) in [6, 6.07) is 17.4. The van der Waals surface area contributed by atoms with Crippen molar-refractivity contribution in [1.29, 1.82) is 0 Å². The highest BCUT2D eigenvalue weighted by Gasteiger charge is 2.14. The van der Waals surface area contributed by atoms with E-state index < -0.39 is 0 Å². The first kappa shape index (κ1) is 17.1. The molecule has 0 aliphatic heterocycles. The third-order valence-electron chi connectivity index (χ3n) is 4.83. The van der Waals surface area contributed by atoms with Gasteiger partial charge in [0.25, 0.3) is 5.56 Å². The summed E-state index contributed by atoms with van der Waals surface area (Å²) in [4.78, 5) is 19.5.